The summed E-state index contributed by atoms with van der Waals surface area (Å²) in [4.78, 5) is 25.9. The molecule has 0 bridgehead atoms. The van der Waals surface area contributed by atoms with E-state index < -0.39 is 0 Å². The molecule has 3 aromatic heterocycles. The van der Waals surface area contributed by atoms with E-state index in [1.165, 1.54) is 32.3 Å². The lowest BCUT2D eigenvalue weighted by Crippen LogP contribution is -1.92. The topological polar surface area (TPSA) is 77.3 Å². The number of rotatable bonds is 4. The van der Waals surface area contributed by atoms with Gasteiger partial charge in [0.15, 0.2) is 0 Å². The molecule has 0 saturated carbocycles. The quantitative estimate of drug-likeness (QED) is 0.226. The molecule has 0 aliphatic heterocycles. The van der Waals surface area contributed by atoms with Crippen molar-refractivity contribution in [1.82, 2.24) is 29.9 Å². The van der Waals surface area contributed by atoms with Gasteiger partial charge in [-0.3, -0.25) is 9.97 Å². The zero-order valence-corrected chi connectivity index (χ0v) is 21.2. The van der Waals surface area contributed by atoms with Crippen LogP contribution in [0.5, 0.6) is 0 Å². The van der Waals surface area contributed by atoms with E-state index in [-0.39, 0.29) is 0 Å². The van der Waals surface area contributed by atoms with Crippen molar-refractivity contribution >= 4 is 32.3 Å². The molecule has 186 valence electrons. The van der Waals surface area contributed by atoms with Gasteiger partial charge in [0.05, 0.1) is 11.9 Å². The van der Waals surface area contributed by atoms with Crippen molar-refractivity contribution in [1.29, 1.82) is 0 Å². The van der Waals surface area contributed by atoms with Crippen molar-refractivity contribution in [3.63, 3.8) is 0 Å². The predicted molar refractivity (Wildman–Crippen MR) is 159 cm³/mol. The first kappa shape index (κ1) is 22.4. The Bertz CT molecular complexity index is 2090. The molecule has 0 unspecified atom stereocenters. The summed E-state index contributed by atoms with van der Waals surface area (Å²) in [5.41, 5.74) is 8.18. The average molecular weight is 513 g/mol. The summed E-state index contributed by atoms with van der Waals surface area (Å²) in [6.07, 6.45) is 15.7. The van der Waals surface area contributed by atoms with Crippen LogP contribution >= 0.6 is 0 Å². The number of aromatic nitrogens is 6. The van der Waals surface area contributed by atoms with Crippen LogP contribution in [0, 0.1) is 0 Å². The highest BCUT2D eigenvalue weighted by Gasteiger charge is 2.16. The van der Waals surface area contributed by atoms with E-state index in [4.69, 9.17) is 0 Å². The zero-order valence-electron chi connectivity index (χ0n) is 21.2. The standard InChI is InChI=1S/C34H20N6/c1-5-28(25-12-23(26-14-36-19-37-15-26)11-24(13-25)27-16-38-20-39-17-27)30-7-3-22-2-6-29(32-18-35-9-10-40-32)31-8-4-21(1)33(30)34(22)31/h1-20H. The van der Waals surface area contributed by atoms with Gasteiger partial charge in [0.1, 0.15) is 12.7 Å². The lowest BCUT2D eigenvalue weighted by atomic mass is 9.87. The second-order valence-corrected chi connectivity index (χ2v) is 9.79. The third kappa shape index (κ3) is 3.58. The summed E-state index contributed by atoms with van der Waals surface area (Å²) in [6, 6.07) is 24.2. The van der Waals surface area contributed by atoms with Crippen LogP contribution in [0.4, 0.5) is 0 Å². The summed E-state index contributed by atoms with van der Waals surface area (Å²) in [6.45, 7) is 0. The molecule has 3 heterocycles. The van der Waals surface area contributed by atoms with E-state index in [1.807, 2.05) is 31.0 Å². The maximum absolute atomic E-state index is 4.59. The van der Waals surface area contributed by atoms with Crippen molar-refractivity contribution in [2.45, 2.75) is 0 Å². The minimum Gasteiger partial charge on any atom is -0.261 e. The van der Waals surface area contributed by atoms with Crippen molar-refractivity contribution in [3.05, 3.63) is 123 Å². The van der Waals surface area contributed by atoms with Gasteiger partial charge >= 0.3 is 0 Å². The number of hydrogen-bond donors (Lipinski definition) is 0. The number of nitrogens with zero attached hydrogens (tertiary/aromatic N) is 6. The van der Waals surface area contributed by atoms with Gasteiger partial charge in [-0.1, -0.05) is 48.5 Å². The van der Waals surface area contributed by atoms with E-state index in [9.17, 15) is 0 Å². The molecule has 0 atom stereocenters. The smallest absolute Gasteiger partial charge is 0.115 e. The van der Waals surface area contributed by atoms with E-state index >= 15 is 0 Å². The third-order valence-electron chi connectivity index (χ3n) is 7.54. The van der Waals surface area contributed by atoms with Gasteiger partial charge in [0.2, 0.25) is 0 Å². The van der Waals surface area contributed by atoms with Crippen molar-refractivity contribution < 1.29 is 0 Å². The van der Waals surface area contributed by atoms with Gasteiger partial charge in [-0.05, 0) is 72.8 Å². The van der Waals surface area contributed by atoms with Crippen LogP contribution in [0.2, 0.25) is 0 Å². The maximum atomic E-state index is 4.59. The molecular formula is C34H20N6. The maximum Gasteiger partial charge on any atom is 0.115 e. The number of hydrogen-bond acceptors (Lipinski definition) is 6. The first-order chi connectivity index (χ1) is 19.8. The molecule has 8 rings (SSSR count). The van der Waals surface area contributed by atoms with E-state index in [1.54, 1.807) is 25.0 Å². The second-order valence-electron chi connectivity index (χ2n) is 9.79. The Balaban J connectivity index is 1.41. The highest BCUT2D eigenvalue weighted by Crippen LogP contribution is 2.43. The van der Waals surface area contributed by atoms with Crippen LogP contribution in [-0.2, 0) is 0 Å². The minimum absolute atomic E-state index is 0.869. The Kier molecular flexibility index (Phi) is 5.03. The Hall–Kier alpha value is -5.62. The lowest BCUT2D eigenvalue weighted by Gasteiger charge is -2.17. The van der Waals surface area contributed by atoms with E-state index in [2.05, 4.69) is 96.6 Å². The molecule has 0 fully saturated rings. The Morgan fingerprint density at radius 3 is 1.50 bits per heavy atom. The Labute approximate surface area is 229 Å². The highest BCUT2D eigenvalue weighted by atomic mass is 14.8. The SMILES string of the molecule is c1cnc(-c2ccc3ccc4c(-c5cc(-c6cncnc6)cc(-c6cncnc6)c5)ccc5ccc2c3c54)cn1. The fourth-order valence-electron chi connectivity index (χ4n) is 5.73. The monoisotopic (exact) mass is 512 g/mol. The van der Waals surface area contributed by atoms with Crippen molar-refractivity contribution in [3.8, 4) is 44.6 Å². The second kappa shape index (κ2) is 8.99. The summed E-state index contributed by atoms with van der Waals surface area (Å²) in [5.74, 6) is 0. The Morgan fingerprint density at radius 1 is 0.400 bits per heavy atom. The van der Waals surface area contributed by atoms with Gasteiger partial charge in [-0.15, -0.1) is 0 Å². The van der Waals surface area contributed by atoms with E-state index in [0.29, 0.717) is 0 Å². The highest BCUT2D eigenvalue weighted by molar-refractivity contribution is 6.27. The molecule has 6 heteroatoms. The fraction of sp³-hybridized carbons (Fsp3) is 0. The fourth-order valence-corrected chi connectivity index (χ4v) is 5.73. The normalized spacial score (nSPS) is 11.5. The molecule has 6 nitrogen and oxygen atoms in total. The van der Waals surface area contributed by atoms with Crippen LogP contribution in [-0.4, -0.2) is 29.9 Å². The summed E-state index contributed by atoms with van der Waals surface area (Å²) in [5, 5.41) is 7.27. The summed E-state index contributed by atoms with van der Waals surface area (Å²) >= 11 is 0. The third-order valence-corrected chi connectivity index (χ3v) is 7.54. The molecular weight excluding hydrogens is 492 g/mol. The van der Waals surface area contributed by atoms with Gasteiger partial charge in [0, 0.05) is 53.9 Å². The molecule has 5 aromatic carbocycles. The summed E-state index contributed by atoms with van der Waals surface area (Å²) < 4.78 is 0. The largest absolute Gasteiger partial charge is 0.261 e. The van der Waals surface area contributed by atoms with Crippen LogP contribution in [0.1, 0.15) is 0 Å². The molecule has 8 aromatic rings. The first-order valence-corrected chi connectivity index (χ1v) is 13.0. The molecule has 0 N–H and O–H groups in total. The Morgan fingerprint density at radius 2 is 0.925 bits per heavy atom. The number of benzene rings is 5. The molecule has 0 aliphatic rings. The first-order valence-electron chi connectivity index (χ1n) is 13.0. The van der Waals surface area contributed by atoms with E-state index in [0.717, 1.165) is 44.6 Å². The van der Waals surface area contributed by atoms with Crippen LogP contribution in [0.3, 0.4) is 0 Å². The minimum atomic E-state index is 0.869. The predicted octanol–water partition coefficient (Wildman–Crippen LogP) is 7.62. The van der Waals surface area contributed by atoms with Crippen molar-refractivity contribution in [2.75, 3.05) is 0 Å². The van der Waals surface area contributed by atoms with Gasteiger partial charge in [-0.2, -0.15) is 0 Å². The van der Waals surface area contributed by atoms with Gasteiger partial charge < -0.3 is 0 Å². The van der Waals surface area contributed by atoms with Gasteiger partial charge in [0.25, 0.3) is 0 Å². The summed E-state index contributed by atoms with van der Waals surface area (Å²) in [7, 11) is 0. The molecule has 40 heavy (non-hydrogen) atoms. The molecule has 0 spiro atoms. The van der Waals surface area contributed by atoms with Crippen molar-refractivity contribution in [2.24, 2.45) is 0 Å². The lowest BCUT2D eigenvalue weighted by molar-refractivity contribution is 1.17. The molecule has 0 amide bonds. The van der Waals surface area contributed by atoms with Gasteiger partial charge in [-0.25, -0.2) is 19.9 Å². The molecule has 0 saturated heterocycles. The van der Waals surface area contributed by atoms with Crippen LogP contribution in [0.15, 0.2) is 123 Å². The van der Waals surface area contributed by atoms with Crippen LogP contribution < -0.4 is 0 Å². The molecule has 0 radical (unpaired) electrons. The zero-order chi connectivity index (χ0) is 26.5. The average Bonchev–Trinajstić information content (AvgIpc) is 3.04. The van der Waals surface area contributed by atoms with Crippen LogP contribution in [0.25, 0.3) is 77.0 Å². The molecule has 0 aliphatic carbocycles.